The SMILES string of the molecule is COc1ncc(F)cc1[C@H]1CCCN1c1ccn2ncc(C(O)c3nccn3COCC[Si](C)(C)C)c2n1. The van der Waals surface area contributed by atoms with Crippen LogP contribution in [0, 0.1) is 5.82 Å². The van der Waals surface area contributed by atoms with Crippen molar-refractivity contribution in [2.75, 3.05) is 25.2 Å². The van der Waals surface area contributed by atoms with Crippen molar-refractivity contribution < 1.29 is 19.0 Å². The van der Waals surface area contributed by atoms with Gasteiger partial charge in [-0.15, -0.1) is 0 Å². The van der Waals surface area contributed by atoms with Gasteiger partial charge in [-0.2, -0.15) is 5.10 Å². The molecule has 1 N–H and O–H groups in total. The molecule has 0 saturated carbocycles. The smallest absolute Gasteiger partial charge is 0.218 e. The maximum absolute atomic E-state index is 14.1. The molecule has 1 unspecified atom stereocenters. The highest BCUT2D eigenvalue weighted by atomic mass is 28.3. The monoisotopic (exact) mass is 539 g/mol. The number of nitrogens with zero attached hydrogens (tertiary/aromatic N) is 7. The van der Waals surface area contributed by atoms with Crippen molar-refractivity contribution in [2.24, 2.45) is 0 Å². The highest BCUT2D eigenvalue weighted by Gasteiger charge is 2.31. The molecule has 5 heterocycles. The third-order valence-corrected chi connectivity index (χ3v) is 8.54. The summed E-state index contributed by atoms with van der Waals surface area (Å²) >= 11 is 0. The molecule has 0 bridgehead atoms. The predicted octanol–water partition coefficient (Wildman–Crippen LogP) is 4.20. The van der Waals surface area contributed by atoms with Gasteiger partial charge in [0.05, 0.1) is 31.1 Å². The molecule has 202 valence electrons. The molecular formula is C26H34FN7O3Si. The van der Waals surface area contributed by atoms with Crippen molar-refractivity contribution in [1.29, 1.82) is 0 Å². The van der Waals surface area contributed by atoms with Gasteiger partial charge in [0.2, 0.25) is 5.88 Å². The van der Waals surface area contributed by atoms with Crippen LogP contribution in [0.2, 0.25) is 25.7 Å². The van der Waals surface area contributed by atoms with E-state index >= 15 is 0 Å². The predicted molar refractivity (Wildman–Crippen MR) is 143 cm³/mol. The van der Waals surface area contributed by atoms with Crippen molar-refractivity contribution >= 4 is 19.5 Å². The molecule has 4 aromatic rings. The Bertz CT molecular complexity index is 1400. The van der Waals surface area contributed by atoms with Gasteiger partial charge in [-0.25, -0.2) is 23.9 Å². The zero-order valence-corrected chi connectivity index (χ0v) is 23.2. The van der Waals surface area contributed by atoms with Crippen molar-refractivity contribution in [3.8, 4) is 5.88 Å². The zero-order chi connectivity index (χ0) is 26.9. The van der Waals surface area contributed by atoms with Crippen LogP contribution in [0.3, 0.4) is 0 Å². The highest BCUT2D eigenvalue weighted by Crippen LogP contribution is 2.39. The molecule has 1 fully saturated rings. The standard InChI is InChI=1S/C26H34FN7O3Si/c1-36-26-19(14-18(27)15-29-26)21-6-5-9-33(21)22-7-10-34-24(31-22)20(16-30-34)23(35)25-28-8-11-32(25)17-37-12-13-38(2,3)4/h7-8,10-11,14-16,21,23,35H,5-6,9,12-13,17H2,1-4H3/t21-,23?/m1/s1. The second kappa shape index (κ2) is 10.8. The summed E-state index contributed by atoms with van der Waals surface area (Å²) in [5, 5.41) is 15.7. The minimum Gasteiger partial charge on any atom is -0.481 e. The molecule has 10 nitrogen and oxygen atoms in total. The van der Waals surface area contributed by atoms with Crippen LogP contribution in [-0.4, -0.2) is 62.6 Å². The molecule has 4 aromatic heterocycles. The first-order valence-corrected chi connectivity index (χ1v) is 16.5. The van der Waals surface area contributed by atoms with Crippen molar-refractivity contribution in [3.05, 3.63) is 65.9 Å². The number of aromatic nitrogens is 6. The van der Waals surface area contributed by atoms with E-state index in [9.17, 15) is 9.50 Å². The molecule has 1 saturated heterocycles. The third kappa shape index (κ3) is 5.42. The van der Waals surface area contributed by atoms with Gasteiger partial charge in [0.15, 0.2) is 5.65 Å². The average molecular weight is 540 g/mol. The summed E-state index contributed by atoms with van der Waals surface area (Å²) in [5.41, 5.74) is 1.76. The number of ether oxygens (including phenoxy) is 2. The Morgan fingerprint density at radius 1 is 1.21 bits per heavy atom. The van der Waals surface area contributed by atoms with E-state index in [1.54, 1.807) is 23.1 Å². The minimum absolute atomic E-state index is 0.133. The fraction of sp³-hybridized carbons (Fsp3) is 0.462. The van der Waals surface area contributed by atoms with Gasteiger partial charge in [-0.05, 0) is 31.0 Å². The number of halogens is 1. The minimum atomic E-state index is -1.19. The van der Waals surface area contributed by atoms with Crippen molar-refractivity contribution in [3.63, 3.8) is 0 Å². The molecule has 1 aliphatic heterocycles. The summed E-state index contributed by atoms with van der Waals surface area (Å²) < 4.78 is 28.8. The Labute approximate surface area is 222 Å². The zero-order valence-electron chi connectivity index (χ0n) is 22.2. The Kier molecular flexibility index (Phi) is 7.46. The van der Waals surface area contributed by atoms with Crippen LogP contribution in [0.25, 0.3) is 5.65 Å². The van der Waals surface area contributed by atoms with Crippen LogP contribution in [-0.2, 0) is 11.5 Å². The summed E-state index contributed by atoms with van der Waals surface area (Å²) in [5.74, 6) is 1.17. The molecule has 0 aromatic carbocycles. The van der Waals surface area contributed by atoms with Crippen LogP contribution in [0.4, 0.5) is 10.2 Å². The summed E-state index contributed by atoms with van der Waals surface area (Å²) in [6, 6.07) is 4.29. The average Bonchev–Trinajstić information content (AvgIpc) is 3.65. The normalized spacial score (nSPS) is 16.9. The topological polar surface area (TPSA) is 103 Å². The third-order valence-electron chi connectivity index (χ3n) is 6.84. The number of pyridine rings is 1. The molecular weight excluding hydrogens is 505 g/mol. The molecule has 0 amide bonds. The van der Waals surface area contributed by atoms with Crippen LogP contribution < -0.4 is 9.64 Å². The van der Waals surface area contributed by atoms with E-state index in [2.05, 4.69) is 39.6 Å². The molecule has 5 rings (SSSR count). The fourth-order valence-electron chi connectivity index (χ4n) is 4.80. The largest absolute Gasteiger partial charge is 0.481 e. The fourth-order valence-corrected chi connectivity index (χ4v) is 5.56. The number of imidazole rings is 1. The summed E-state index contributed by atoms with van der Waals surface area (Å²) in [4.78, 5) is 15.5. The van der Waals surface area contributed by atoms with Gasteiger partial charge < -0.3 is 24.0 Å². The number of hydrogen-bond donors (Lipinski definition) is 1. The lowest BCUT2D eigenvalue weighted by Crippen LogP contribution is -2.24. The second-order valence-electron chi connectivity index (χ2n) is 10.8. The van der Waals surface area contributed by atoms with Crippen molar-refractivity contribution in [2.45, 2.75) is 57.4 Å². The van der Waals surface area contributed by atoms with Crippen LogP contribution in [0.15, 0.2) is 43.1 Å². The second-order valence-corrected chi connectivity index (χ2v) is 16.4. The summed E-state index contributed by atoms with van der Waals surface area (Å²) in [6.07, 6.45) is 8.74. The summed E-state index contributed by atoms with van der Waals surface area (Å²) in [6.45, 7) is 8.67. The Hall–Kier alpha value is -3.35. The molecule has 12 heteroatoms. The maximum atomic E-state index is 14.1. The van der Waals surface area contributed by atoms with Crippen LogP contribution in [0.5, 0.6) is 5.88 Å². The van der Waals surface area contributed by atoms with Gasteiger partial charge in [-0.3, -0.25) is 0 Å². The van der Waals surface area contributed by atoms with Crippen LogP contribution in [0.1, 0.15) is 41.9 Å². The van der Waals surface area contributed by atoms with E-state index in [1.807, 2.05) is 16.8 Å². The first kappa shape index (κ1) is 26.3. The number of aliphatic hydroxyl groups is 1. The lowest BCUT2D eigenvalue weighted by atomic mass is 10.1. The van der Waals surface area contributed by atoms with E-state index < -0.39 is 20.0 Å². The van der Waals surface area contributed by atoms with E-state index in [4.69, 9.17) is 14.5 Å². The Morgan fingerprint density at radius 2 is 2.05 bits per heavy atom. The number of rotatable bonds is 10. The number of hydrogen-bond acceptors (Lipinski definition) is 8. The lowest BCUT2D eigenvalue weighted by molar-refractivity contribution is 0.0787. The number of aliphatic hydroxyl groups excluding tert-OH is 1. The van der Waals surface area contributed by atoms with Crippen molar-refractivity contribution in [1.82, 2.24) is 29.1 Å². The van der Waals surface area contributed by atoms with Gasteiger partial charge in [0.25, 0.3) is 0 Å². The number of fused-ring (bicyclic) bond motifs is 1. The molecule has 0 aliphatic carbocycles. The number of anilines is 1. The number of methoxy groups -OCH3 is 1. The maximum Gasteiger partial charge on any atom is 0.218 e. The molecule has 38 heavy (non-hydrogen) atoms. The van der Waals surface area contributed by atoms with Gasteiger partial charge in [0.1, 0.15) is 30.3 Å². The molecule has 2 atom stereocenters. The quantitative estimate of drug-likeness (QED) is 0.236. The highest BCUT2D eigenvalue weighted by molar-refractivity contribution is 6.76. The van der Waals surface area contributed by atoms with E-state index in [1.165, 1.54) is 13.2 Å². The lowest BCUT2D eigenvalue weighted by Gasteiger charge is -2.27. The molecule has 0 spiro atoms. The van der Waals surface area contributed by atoms with Gasteiger partial charge in [-0.1, -0.05) is 19.6 Å². The Morgan fingerprint density at radius 3 is 2.84 bits per heavy atom. The van der Waals surface area contributed by atoms with Gasteiger partial charge >= 0.3 is 0 Å². The van der Waals surface area contributed by atoms with Gasteiger partial charge in [0, 0.05) is 45.4 Å². The van der Waals surface area contributed by atoms with E-state index in [0.717, 1.165) is 31.6 Å². The first-order chi connectivity index (χ1) is 18.2. The van der Waals surface area contributed by atoms with Crippen LogP contribution >= 0.6 is 0 Å². The van der Waals surface area contributed by atoms with E-state index in [0.29, 0.717) is 47.6 Å². The summed E-state index contributed by atoms with van der Waals surface area (Å²) in [7, 11) is 0.344. The molecule has 0 radical (unpaired) electrons. The van der Waals surface area contributed by atoms with E-state index in [-0.39, 0.29) is 6.04 Å². The molecule has 1 aliphatic rings. The Balaban J connectivity index is 1.40. The first-order valence-electron chi connectivity index (χ1n) is 12.8.